The maximum atomic E-state index is 9.71. The second-order valence-corrected chi connectivity index (χ2v) is 6.68. The third-order valence-corrected chi connectivity index (χ3v) is 4.58. The summed E-state index contributed by atoms with van der Waals surface area (Å²) in [5.74, 6) is 1.04. The molecule has 4 rings (SSSR count). The molecular weight excluding hydrogens is 346 g/mol. The molecule has 0 unspecified atom stereocenters. The Morgan fingerprint density at radius 3 is 2.07 bits per heavy atom. The lowest BCUT2D eigenvalue weighted by Crippen LogP contribution is -2.18. The summed E-state index contributed by atoms with van der Waals surface area (Å²) in [5.41, 5.74) is 4.79. The Labute approximate surface area is 164 Å². The van der Waals surface area contributed by atoms with Crippen LogP contribution >= 0.6 is 0 Å². The lowest BCUT2D eigenvalue weighted by atomic mass is 10.0. The summed E-state index contributed by atoms with van der Waals surface area (Å²) in [6, 6.07) is 27.5. The number of phenolic OH excluding ortho intramolecular Hbond substituents is 1. The SMILES string of the molecule is CN(Cc1cccc(O)c1)c1cnc(-c2ccccc2)c(-c2ccccc2)n1. The molecule has 0 atom stereocenters. The Hall–Kier alpha value is -3.66. The number of hydrogen-bond donors (Lipinski definition) is 1. The van der Waals surface area contributed by atoms with Gasteiger partial charge in [-0.3, -0.25) is 4.98 Å². The van der Waals surface area contributed by atoms with E-state index in [1.807, 2.05) is 72.6 Å². The first kappa shape index (κ1) is 17.7. The van der Waals surface area contributed by atoms with Gasteiger partial charge < -0.3 is 10.0 Å². The molecule has 0 radical (unpaired) electrons. The minimum atomic E-state index is 0.265. The molecule has 1 N–H and O–H groups in total. The molecule has 138 valence electrons. The molecule has 0 bridgehead atoms. The highest BCUT2D eigenvalue weighted by Gasteiger charge is 2.14. The minimum Gasteiger partial charge on any atom is -0.508 e. The van der Waals surface area contributed by atoms with Crippen LogP contribution in [0.4, 0.5) is 5.82 Å². The van der Waals surface area contributed by atoms with Crippen LogP contribution in [0.3, 0.4) is 0 Å². The summed E-state index contributed by atoms with van der Waals surface area (Å²) in [4.78, 5) is 11.7. The highest BCUT2D eigenvalue weighted by atomic mass is 16.3. The summed E-state index contributed by atoms with van der Waals surface area (Å²) in [6.07, 6.45) is 1.80. The van der Waals surface area contributed by atoms with Crippen LogP contribution in [-0.2, 0) is 6.54 Å². The third-order valence-electron chi connectivity index (χ3n) is 4.58. The number of hydrogen-bond acceptors (Lipinski definition) is 4. The number of anilines is 1. The van der Waals surface area contributed by atoms with Crippen LogP contribution in [0, 0.1) is 0 Å². The number of aromatic nitrogens is 2. The van der Waals surface area contributed by atoms with Gasteiger partial charge in [0.25, 0.3) is 0 Å². The molecule has 1 aromatic heterocycles. The average molecular weight is 367 g/mol. The molecule has 4 aromatic rings. The minimum absolute atomic E-state index is 0.265. The fourth-order valence-electron chi connectivity index (χ4n) is 3.18. The van der Waals surface area contributed by atoms with Gasteiger partial charge in [-0.05, 0) is 17.7 Å². The van der Waals surface area contributed by atoms with Crippen molar-refractivity contribution in [3.8, 4) is 28.3 Å². The Kier molecular flexibility index (Phi) is 5.02. The van der Waals surface area contributed by atoms with E-state index < -0.39 is 0 Å². The topological polar surface area (TPSA) is 49.2 Å². The first-order chi connectivity index (χ1) is 13.7. The number of rotatable bonds is 5. The Morgan fingerprint density at radius 2 is 1.43 bits per heavy atom. The van der Waals surface area contributed by atoms with E-state index in [4.69, 9.17) is 9.97 Å². The first-order valence-electron chi connectivity index (χ1n) is 9.17. The van der Waals surface area contributed by atoms with Gasteiger partial charge in [-0.25, -0.2) is 4.98 Å². The molecule has 0 aliphatic heterocycles. The summed E-state index contributed by atoms with van der Waals surface area (Å²) < 4.78 is 0. The third kappa shape index (κ3) is 3.86. The van der Waals surface area contributed by atoms with Crippen LogP contribution in [0.1, 0.15) is 5.56 Å². The fraction of sp³-hybridized carbons (Fsp3) is 0.0833. The van der Waals surface area contributed by atoms with Gasteiger partial charge in [0.05, 0.1) is 17.6 Å². The smallest absolute Gasteiger partial charge is 0.147 e. The molecule has 0 amide bonds. The van der Waals surface area contributed by atoms with Crippen molar-refractivity contribution in [1.29, 1.82) is 0 Å². The molecule has 28 heavy (non-hydrogen) atoms. The van der Waals surface area contributed by atoms with E-state index in [1.54, 1.807) is 18.3 Å². The Bertz CT molecular complexity index is 1070. The van der Waals surface area contributed by atoms with Crippen LogP contribution in [0.25, 0.3) is 22.5 Å². The van der Waals surface area contributed by atoms with Crippen molar-refractivity contribution in [3.05, 3.63) is 96.7 Å². The van der Waals surface area contributed by atoms with E-state index in [-0.39, 0.29) is 5.75 Å². The van der Waals surface area contributed by atoms with Gasteiger partial charge >= 0.3 is 0 Å². The molecule has 4 heteroatoms. The molecule has 0 fully saturated rings. The second-order valence-electron chi connectivity index (χ2n) is 6.68. The average Bonchev–Trinajstić information content (AvgIpc) is 2.74. The van der Waals surface area contributed by atoms with E-state index in [9.17, 15) is 5.11 Å². The molecule has 3 aromatic carbocycles. The fourth-order valence-corrected chi connectivity index (χ4v) is 3.18. The van der Waals surface area contributed by atoms with Crippen molar-refractivity contribution in [2.45, 2.75) is 6.54 Å². The standard InChI is InChI=1S/C24H21N3O/c1-27(17-18-9-8-14-21(28)15-18)22-16-25-23(19-10-4-2-5-11-19)24(26-22)20-12-6-3-7-13-20/h2-16,28H,17H2,1H3. The number of benzene rings is 3. The van der Waals surface area contributed by atoms with E-state index >= 15 is 0 Å². The second kappa shape index (κ2) is 7.92. The monoisotopic (exact) mass is 367 g/mol. The lowest BCUT2D eigenvalue weighted by Gasteiger charge is -2.20. The number of phenols is 1. The van der Waals surface area contributed by atoms with E-state index in [0.717, 1.165) is 33.9 Å². The zero-order valence-electron chi connectivity index (χ0n) is 15.7. The first-order valence-corrected chi connectivity index (χ1v) is 9.17. The molecular formula is C24H21N3O. The van der Waals surface area contributed by atoms with Gasteiger partial charge in [0.2, 0.25) is 0 Å². The van der Waals surface area contributed by atoms with Crippen molar-refractivity contribution < 1.29 is 5.11 Å². The normalized spacial score (nSPS) is 10.6. The van der Waals surface area contributed by atoms with E-state index in [2.05, 4.69) is 12.1 Å². The van der Waals surface area contributed by atoms with E-state index in [1.165, 1.54) is 0 Å². The number of aromatic hydroxyl groups is 1. The predicted molar refractivity (Wildman–Crippen MR) is 113 cm³/mol. The van der Waals surface area contributed by atoms with Crippen molar-refractivity contribution in [3.63, 3.8) is 0 Å². The van der Waals surface area contributed by atoms with Crippen LogP contribution in [-0.4, -0.2) is 22.1 Å². The number of nitrogens with zero attached hydrogens (tertiary/aromatic N) is 3. The Balaban J connectivity index is 1.74. The molecule has 0 aliphatic rings. The van der Waals surface area contributed by atoms with E-state index in [0.29, 0.717) is 6.54 Å². The summed E-state index contributed by atoms with van der Waals surface area (Å²) in [6.45, 7) is 0.627. The van der Waals surface area contributed by atoms with Gasteiger partial charge in [0.1, 0.15) is 11.6 Å². The van der Waals surface area contributed by atoms with Gasteiger partial charge in [-0.2, -0.15) is 0 Å². The van der Waals surface area contributed by atoms with Crippen LogP contribution < -0.4 is 4.90 Å². The molecule has 0 spiro atoms. The molecule has 0 saturated carbocycles. The van der Waals surface area contributed by atoms with Crippen molar-refractivity contribution in [2.75, 3.05) is 11.9 Å². The quantitative estimate of drug-likeness (QED) is 0.530. The molecule has 0 aliphatic carbocycles. The highest BCUT2D eigenvalue weighted by molar-refractivity contribution is 5.78. The maximum absolute atomic E-state index is 9.71. The van der Waals surface area contributed by atoms with Crippen LogP contribution in [0.2, 0.25) is 0 Å². The molecule has 1 heterocycles. The maximum Gasteiger partial charge on any atom is 0.147 e. The zero-order valence-corrected chi connectivity index (χ0v) is 15.7. The summed E-state index contributed by atoms with van der Waals surface area (Å²) in [5, 5.41) is 9.71. The molecule has 0 saturated heterocycles. The largest absolute Gasteiger partial charge is 0.508 e. The van der Waals surface area contributed by atoms with Crippen LogP contribution in [0.5, 0.6) is 5.75 Å². The van der Waals surface area contributed by atoms with Crippen LogP contribution in [0.15, 0.2) is 91.1 Å². The van der Waals surface area contributed by atoms with Gasteiger partial charge in [-0.1, -0.05) is 72.8 Å². The Morgan fingerprint density at radius 1 is 0.786 bits per heavy atom. The van der Waals surface area contributed by atoms with Gasteiger partial charge in [-0.15, -0.1) is 0 Å². The summed E-state index contributed by atoms with van der Waals surface area (Å²) >= 11 is 0. The summed E-state index contributed by atoms with van der Waals surface area (Å²) in [7, 11) is 1.98. The van der Waals surface area contributed by atoms with Gasteiger partial charge in [0, 0.05) is 24.7 Å². The zero-order chi connectivity index (χ0) is 19.3. The van der Waals surface area contributed by atoms with Crippen molar-refractivity contribution in [2.24, 2.45) is 0 Å². The van der Waals surface area contributed by atoms with Crippen molar-refractivity contribution >= 4 is 5.82 Å². The van der Waals surface area contributed by atoms with Crippen molar-refractivity contribution in [1.82, 2.24) is 9.97 Å². The van der Waals surface area contributed by atoms with Gasteiger partial charge in [0.15, 0.2) is 0 Å². The highest BCUT2D eigenvalue weighted by Crippen LogP contribution is 2.30. The lowest BCUT2D eigenvalue weighted by molar-refractivity contribution is 0.474. The predicted octanol–water partition coefficient (Wildman–Crippen LogP) is 5.15. The molecule has 4 nitrogen and oxygen atoms in total.